The molecule has 0 aromatic heterocycles. The van der Waals surface area contributed by atoms with Gasteiger partial charge in [-0.15, -0.1) is 0 Å². The molecular weight excluding hydrogens is 152 g/mol. The van der Waals surface area contributed by atoms with Crippen LogP contribution in [-0.4, -0.2) is 16.1 Å². The van der Waals surface area contributed by atoms with E-state index < -0.39 is 16.1 Å². The van der Waals surface area contributed by atoms with E-state index in [-0.39, 0.29) is 0 Å². The summed E-state index contributed by atoms with van der Waals surface area (Å²) in [5.74, 6) is 0. The number of rotatable bonds is 0. The lowest BCUT2D eigenvalue weighted by atomic mass is 10.8. The van der Waals surface area contributed by atoms with Crippen LogP contribution in [0, 0.1) is 0 Å². The van der Waals surface area contributed by atoms with Crippen molar-refractivity contribution in [3.63, 3.8) is 0 Å². The van der Waals surface area contributed by atoms with Gasteiger partial charge in [0.1, 0.15) is 0 Å². The average Bonchev–Trinajstić information content (AvgIpc) is 1.56. The molecule has 0 aromatic carbocycles. The van der Waals surface area contributed by atoms with E-state index in [0.717, 1.165) is 0 Å². The van der Waals surface area contributed by atoms with Gasteiger partial charge in [-0.1, -0.05) is 43.6 Å². The summed E-state index contributed by atoms with van der Waals surface area (Å²) >= 11 is 0. The van der Waals surface area contributed by atoms with E-state index >= 15 is 0 Å². The summed E-state index contributed by atoms with van der Waals surface area (Å²) in [5, 5.41) is 0. The molecule has 1 aliphatic rings. The molecule has 0 fully saturated rings. The predicted octanol–water partition coefficient (Wildman–Crippen LogP) is 3.05. The lowest BCUT2D eigenvalue weighted by molar-refractivity contribution is 1.40. The third-order valence-electron chi connectivity index (χ3n) is 2.17. The van der Waals surface area contributed by atoms with Crippen LogP contribution in [0.15, 0.2) is 11.8 Å². The van der Waals surface area contributed by atoms with Crippen molar-refractivity contribution in [3.05, 3.63) is 11.8 Å². The maximum Gasteiger partial charge on any atom is 0.0687 e. The van der Waals surface area contributed by atoms with Crippen molar-refractivity contribution in [1.82, 2.24) is 0 Å². The second-order valence-electron chi connectivity index (χ2n) is 4.94. The Hall–Kier alpha value is 0.174. The van der Waals surface area contributed by atoms with Crippen molar-refractivity contribution >= 4 is 16.1 Å². The molecule has 0 saturated carbocycles. The maximum atomic E-state index is 2.52. The van der Waals surface area contributed by atoms with Crippen molar-refractivity contribution < 1.29 is 0 Å². The molecule has 0 radical (unpaired) electrons. The molecule has 58 valence electrons. The van der Waals surface area contributed by atoms with Gasteiger partial charge in [0.2, 0.25) is 0 Å². The molecule has 0 spiro atoms. The highest BCUT2D eigenvalue weighted by Crippen LogP contribution is 2.28. The molecule has 0 amide bonds. The van der Waals surface area contributed by atoms with Gasteiger partial charge >= 0.3 is 0 Å². The first kappa shape index (κ1) is 8.27. The number of hydrogen-bond acceptors (Lipinski definition) is 0. The van der Waals surface area contributed by atoms with Crippen LogP contribution >= 0.6 is 0 Å². The summed E-state index contributed by atoms with van der Waals surface area (Å²) in [6, 6.07) is 1.42. The summed E-state index contributed by atoms with van der Waals surface area (Å²) in [6.45, 7) is 10.0. The van der Waals surface area contributed by atoms with Crippen molar-refractivity contribution in [2.45, 2.75) is 37.9 Å². The topological polar surface area (TPSA) is 0 Å². The monoisotopic (exact) mass is 170 g/mol. The zero-order chi connectivity index (χ0) is 7.83. The van der Waals surface area contributed by atoms with Crippen LogP contribution in [0.4, 0.5) is 0 Å². The van der Waals surface area contributed by atoms with Crippen LogP contribution in [0.1, 0.15) is 0 Å². The van der Waals surface area contributed by atoms with Gasteiger partial charge in [-0.3, -0.25) is 0 Å². The highest BCUT2D eigenvalue weighted by molar-refractivity contribution is 6.98. The van der Waals surface area contributed by atoms with E-state index in [9.17, 15) is 0 Å². The molecule has 0 atom stereocenters. The SMILES string of the molecule is C[Si]1(C)C=CC[Si](C)(C)C1. The van der Waals surface area contributed by atoms with E-state index in [1.54, 1.807) is 5.67 Å². The molecule has 2 heteroatoms. The zero-order valence-corrected chi connectivity index (χ0v) is 9.57. The summed E-state index contributed by atoms with van der Waals surface area (Å²) in [5.41, 5.74) is 4.11. The highest BCUT2D eigenvalue weighted by Gasteiger charge is 2.32. The van der Waals surface area contributed by atoms with Crippen LogP contribution in [0.3, 0.4) is 0 Å². The summed E-state index contributed by atoms with van der Waals surface area (Å²) < 4.78 is 0. The van der Waals surface area contributed by atoms with E-state index in [2.05, 4.69) is 38.0 Å². The first-order chi connectivity index (χ1) is 4.41. The van der Waals surface area contributed by atoms with Gasteiger partial charge in [0.25, 0.3) is 0 Å². The largest absolute Gasteiger partial charge is 0.0992 e. The van der Waals surface area contributed by atoms with E-state index in [1.165, 1.54) is 6.04 Å². The zero-order valence-electron chi connectivity index (χ0n) is 7.57. The standard InChI is InChI=1S/C8H18Si2/c1-9(2)6-5-7-10(3,4)8-9/h5-6H,7-8H2,1-4H3. The minimum atomic E-state index is -0.845. The van der Waals surface area contributed by atoms with E-state index in [1.807, 2.05) is 0 Å². The van der Waals surface area contributed by atoms with Crippen molar-refractivity contribution in [2.24, 2.45) is 0 Å². The second-order valence-corrected chi connectivity index (χ2v) is 15.4. The molecule has 0 aliphatic carbocycles. The normalized spacial score (nSPS) is 28.4. The van der Waals surface area contributed by atoms with Gasteiger partial charge in [0.15, 0.2) is 0 Å². The maximum absolute atomic E-state index is 2.52. The third-order valence-corrected chi connectivity index (χ3v) is 12.1. The molecule has 0 bridgehead atoms. The minimum absolute atomic E-state index is 0.751. The van der Waals surface area contributed by atoms with E-state index in [4.69, 9.17) is 0 Å². The van der Waals surface area contributed by atoms with Crippen LogP contribution in [-0.2, 0) is 0 Å². The van der Waals surface area contributed by atoms with Gasteiger partial charge in [0, 0.05) is 8.07 Å². The Morgan fingerprint density at radius 3 is 2.00 bits per heavy atom. The van der Waals surface area contributed by atoms with E-state index in [0.29, 0.717) is 0 Å². The summed E-state index contributed by atoms with van der Waals surface area (Å²) in [7, 11) is -1.60. The minimum Gasteiger partial charge on any atom is -0.0992 e. The third kappa shape index (κ3) is 2.09. The fraction of sp³-hybridized carbons (Fsp3) is 0.750. The molecule has 1 rings (SSSR count). The van der Waals surface area contributed by atoms with Crippen LogP contribution in [0.2, 0.25) is 37.9 Å². The van der Waals surface area contributed by atoms with Crippen LogP contribution in [0.25, 0.3) is 0 Å². The number of hydrogen-bond donors (Lipinski definition) is 0. The summed E-state index contributed by atoms with van der Waals surface area (Å²) in [6.07, 6.45) is 2.45. The van der Waals surface area contributed by atoms with Crippen LogP contribution < -0.4 is 0 Å². The lowest BCUT2D eigenvalue weighted by Gasteiger charge is -2.33. The molecule has 0 unspecified atom stereocenters. The van der Waals surface area contributed by atoms with Gasteiger partial charge in [0.05, 0.1) is 8.07 Å². The van der Waals surface area contributed by atoms with Crippen molar-refractivity contribution in [3.8, 4) is 0 Å². The quantitative estimate of drug-likeness (QED) is 0.490. The smallest absolute Gasteiger partial charge is 0.0687 e. The first-order valence-corrected chi connectivity index (χ1v) is 10.8. The number of allylic oxidation sites excluding steroid dienone is 1. The first-order valence-electron chi connectivity index (χ1n) is 4.09. The molecule has 1 aliphatic heterocycles. The molecule has 0 nitrogen and oxygen atoms in total. The average molecular weight is 170 g/mol. The molecule has 0 aromatic rings. The Morgan fingerprint density at radius 1 is 1.10 bits per heavy atom. The fourth-order valence-corrected chi connectivity index (χ4v) is 14.7. The van der Waals surface area contributed by atoms with Gasteiger partial charge in [-0.05, 0) is 6.04 Å². The molecule has 0 N–H and O–H groups in total. The van der Waals surface area contributed by atoms with Gasteiger partial charge < -0.3 is 0 Å². The second kappa shape index (κ2) is 2.34. The Morgan fingerprint density at radius 2 is 1.70 bits per heavy atom. The summed E-state index contributed by atoms with van der Waals surface area (Å²) in [4.78, 5) is 0. The molecule has 1 heterocycles. The van der Waals surface area contributed by atoms with Crippen molar-refractivity contribution in [1.29, 1.82) is 0 Å². The predicted molar refractivity (Wildman–Crippen MR) is 53.7 cm³/mol. The molecule has 10 heavy (non-hydrogen) atoms. The van der Waals surface area contributed by atoms with Gasteiger partial charge in [-0.2, -0.15) is 0 Å². The highest BCUT2D eigenvalue weighted by atomic mass is 28.4. The fourth-order valence-electron chi connectivity index (χ4n) is 2.06. The Kier molecular flexibility index (Phi) is 1.94. The lowest BCUT2D eigenvalue weighted by Crippen LogP contribution is -2.40. The molecule has 0 saturated heterocycles. The Labute approximate surface area is 66.4 Å². The van der Waals surface area contributed by atoms with Gasteiger partial charge in [-0.25, -0.2) is 0 Å². The molecular formula is C8H18Si2. The van der Waals surface area contributed by atoms with Crippen LogP contribution in [0.5, 0.6) is 0 Å². The van der Waals surface area contributed by atoms with Crippen molar-refractivity contribution in [2.75, 3.05) is 0 Å². The Bertz CT molecular complexity index is 157. The Balaban J connectivity index is 2.73.